The van der Waals surface area contributed by atoms with Crippen molar-refractivity contribution in [2.45, 2.75) is 26.7 Å². The summed E-state index contributed by atoms with van der Waals surface area (Å²) >= 11 is 0. The Morgan fingerprint density at radius 1 is 1.47 bits per heavy atom. The molecule has 2 heterocycles. The van der Waals surface area contributed by atoms with Gasteiger partial charge in [-0.2, -0.15) is 4.98 Å². The van der Waals surface area contributed by atoms with E-state index in [0.29, 0.717) is 5.92 Å². The third-order valence-electron chi connectivity index (χ3n) is 3.47. The summed E-state index contributed by atoms with van der Waals surface area (Å²) in [5.74, 6) is 1.67. The van der Waals surface area contributed by atoms with Crippen LogP contribution in [0.2, 0.25) is 0 Å². The average molecular weight is 237 g/mol. The molecular formula is C11H19N5O. The molecule has 0 radical (unpaired) electrons. The quantitative estimate of drug-likeness (QED) is 0.799. The predicted octanol–water partition coefficient (Wildman–Crippen LogP) is 0.895. The fourth-order valence-electron chi connectivity index (χ4n) is 2.29. The Morgan fingerprint density at radius 2 is 2.12 bits per heavy atom. The van der Waals surface area contributed by atoms with Crippen molar-refractivity contribution in [3.63, 3.8) is 0 Å². The van der Waals surface area contributed by atoms with Gasteiger partial charge in [0.25, 0.3) is 5.91 Å². The van der Waals surface area contributed by atoms with Gasteiger partial charge in [-0.3, -0.25) is 9.89 Å². The number of H-pyrrole nitrogens is 1. The van der Waals surface area contributed by atoms with Crippen LogP contribution in [0.3, 0.4) is 0 Å². The number of nitrogens with two attached hydrogens (primary N) is 1. The van der Waals surface area contributed by atoms with Crippen LogP contribution in [-0.2, 0) is 0 Å². The lowest BCUT2D eigenvalue weighted by molar-refractivity contribution is 0.0656. The molecule has 0 aromatic carbocycles. The van der Waals surface area contributed by atoms with Gasteiger partial charge in [-0.1, -0.05) is 13.8 Å². The number of likely N-dealkylation sites (tertiary alicyclic amines) is 1. The highest BCUT2D eigenvalue weighted by Gasteiger charge is 2.26. The van der Waals surface area contributed by atoms with Crippen molar-refractivity contribution in [2.24, 2.45) is 11.8 Å². The van der Waals surface area contributed by atoms with E-state index in [1.807, 2.05) is 4.90 Å². The minimum Gasteiger partial charge on any atom is -0.366 e. The fourth-order valence-corrected chi connectivity index (χ4v) is 2.29. The maximum atomic E-state index is 12.0. The Kier molecular flexibility index (Phi) is 3.31. The number of hydrogen-bond acceptors (Lipinski definition) is 4. The molecule has 1 aromatic heterocycles. The van der Waals surface area contributed by atoms with E-state index in [0.717, 1.165) is 31.8 Å². The molecule has 1 aromatic rings. The van der Waals surface area contributed by atoms with Gasteiger partial charge in [0, 0.05) is 13.1 Å². The highest BCUT2D eigenvalue weighted by molar-refractivity contribution is 5.90. The first-order valence-corrected chi connectivity index (χ1v) is 6.05. The van der Waals surface area contributed by atoms with E-state index in [1.54, 1.807) is 0 Å². The van der Waals surface area contributed by atoms with Crippen LogP contribution in [0, 0.1) is 11.8 Å². The molecule has 1 amide bonds. The standard InChI is InChI=1S/C11H19N5O/c1-7(2)8-3-5-16(6-4-8)10(17)9-13-11(12)15-14-9/h7-8H,3-6H2,1-2H3,(H3,12,13,14,15). The van der Waals surface area contributed by atoms with E-state index in [-0.39, 0.29) is 17.7 Å². The lowest BCUT2D eigenvalue weighted by Crippen LogP contribution is -2.40. The van der Waals surface area contributed by atoms with Crippen LogP contribution in [0.4, 0.5) is 5.95 Å². The van der Waals surface area contributed by atoms with Crippen LogP contribution >= 0.6 is 0 Å². The first kappa shape index (κ1) is 11.9. The van der Waals surface area contributed by atoms with Crippen LogP contribution in [-0.4, -0.2) is 39.1 Å². The summed E-state index contributed by atoms with van der Waals surface area (Å²) in [7, 11) is 0. The molecule has 0 saturated carbocycles. The van der Waals surface area contributed by atoms with Crippen molar-refractivity contribution < 1.29 is 4.79 Å². The van der Waals surface area contributed by atoms with Gasteiger partial charge in [0.2, 0.25) is 11.8 Å². The molecule has 0 aliphatic carbocycles. The molecule has 1 saturated heterocycles. The molecule has 0 bridgehead atoms. The second-order valence-corrected chi connectivity index (χ2v) is 4.92. The lowest BCUT2D eigenvalue weighted by atomic mass is 9.87. The van der Waals surface area contributed by atoms with E-state index in [1.165, 1.54) is 0 Å². The zero-order valence-corrected chi connectivity index (χ0v) is 10.3. The van der Waals surface area contributed by atoms with E-state index >= 15 is 0 Å². The Morgan fingerprint density at radius 3 is 2.59 bits per heavy atom. The number of hydrogen-bond donors (Lipinski definition) is 2. The minimum absolute atomic E-state index is 0.101. The number of amides is 1. The van der Waals surface area contributed by atoms with Crippen molar-refractivity contribution in [3.05, 3.63) is 5.82 Å². The summed E-state index contributed by atoms with van der Waals surface area (Å²) in [4.78, 5) is 17.7. The zero-order chi connectivity index (χ0) is 12.4. The Hall–Kier alpha value is -1.59. The molecule has 0 atom stereocenters. The monoisotopic (exact) mass is 237 g/mol. The Bertz CT molecular complexity index is 392. The summed E-state index contributed by atoms with van der Waals surface area (Å²) in [6, 6.07) is 0. The van der Waals surface area contributed by atoms with Gasteiger partial charge >= 0.3 is 0 Å². The molecule has 1 aliphatic heterocycles. The van der Waals surface area contributed by atoms with Crippen molar-refractivity contribution in [1.29, 1.82) is 0 Å². The third kappa shape index (κ3) is 2.57. The SMILES string of the molecule is CC(C)C1CCN(C(=O)c2nc(N)n[nH]2)CC1. The van der Waals surface area contributed by atoms with E-state index < -0.39 is 0 Å². The van der Waals surface area contributed by atoms with Crippen LogP contribution in [0.25, 0.3) is 0 Å². The normalized spacial score (nSPS) is 17.7. The summed E-state index contributed by atoms with van der Waals surface area (Å²) in [6.45, 7) is 6.06. The number of anilines is 1. The summed E-state index contributed by atoms with van der Waals surface area (Å²) < 4.78 is 0. The maximum absolute atomic E-state index is 12.0. The molecule has 94 valence electrons. The molecule has 0 spiro atoms. The topological polar surface area (TPSA) is 87.9 Å². The number of carbonyl (C=O) groups is 1. The van der Waals surface area contributed by atoms with Crippen molar-refractivity contribution in [3.8, 4) is 0 Å². The smallest absolute Gasteiger partial charge is 0.291 e. The summed E-state index contributed by atoms with van der Waals surface area (Å²) in [5, 5.41) is 6.23. The zero-order valence-electron chi connectivity index (χ0n) is 10.3. The number of carbonyl (C=O) groups excluding carboxylic acids is 1. The van der Waals surface area contributed by atoms with Gasteiger partial charge in [0.15, 0.2) is 0 Å². The molecule has 6 heteroatoms. The fraction of sp³-hybridized carbons (Fsp3) is 0.727. The molecule has 1 aliphatic rings. The van der Waals surface area contributed by atoms with Crippen LogP contribution in [0.15, 0.2) is 0 Å². The van der Waals surface area contributed by atoms with E-state index in [2.05, 4.69) is 29.0 Å². The summed E-state index contributed by atoms with van der Waals surface area (Å²) in [6.07, 6.45) is 2.13. The number of nitrogens with zero attached hydrogens (tertiary/aromatic N) is 3. The molecule has 0 unspecified atom stereocenters. The van der Waals surface area contributed by atoms with Gasteiger partial charge in [0.05, 0.1) is 0 Å². The molecular weight excluding hydrogens is 218 g/mol. The highest BCUT2D eigenvalue weighted by Crippen LogP contribution is 2.24. The van der Waals surface area contributed by atoms with Gasteiger partial charge in [-0.25, -0.2) is 0 Å². The Labute approximate surface area is 101 Å². The largest absolute Gasteiger partial charge is 0.366 e. The number of nitrogens with one attached hydrogen (secondary N) is 1. The third-order valence-corrected chi connectivity index (χ3v) is 3.47. The number of piperidine rings is 1. The van der Waals surface area contributed by atoms with E-state index in [9.17, 15) is 4.79 Å². The first-order valence-electron chi connectivity index (χ1n) is 6.05. The number of aromatic nitrogens is 3. The van der Waals surface area contributed by atoms with Gasteiger partial charge < -0.3 is 10.6 Å². The molecule has 3 N–H and O–H groups in total. The molecule has 6 nitrogen and oxygen atoms in total. The number of aromatic amines is 1. The second-order valence-electron chi connectivity index (χ2n) is 4.92. The molecule has 1 fully saturated rings. The lowest BCUT2D eigenvalue weighted by Gasteiger charge is -2.33. The van der Waals surface area contributed by atoms with Crippen LogP contribution in [0.5, 0.6) is 0 Å². The van der Waals surface area contributed by atoms with Crippen molar-refractivity contribution >= 4 is 11.9 Å². The highest BCUT2D eigenvalue weighted by atomic mass is 16.2. The van der Waals surface area contributed by atoms with Gasteiger partial charge in [-0.15, -0.1) is 5.10 Å². The van der Waals surface area contributed by atoms with Crippen molar-refractivity contribution in [1.82, 2.24) is 20.1 Å². The number of nitrogen functional groups attached to an aromatic ring is 1. The first-order chi connectivity index (χ1) is 8.08. The van der Waals surface area contributed by atoms with Gasteiger partial charge in [-0.05, 0) is 24.7 Å². The second kappa shape index (κ2) is 4.73. The average Bonchev–Trinajstić information content (AvgIpc) is 2.75. The molecule has 2 rings (SSSR count). The predicted molar refractivity (Wildman–Crippen MR) is 64.3 cm³/mol. The van der Waals surface area contributed by atoms with Gasteiger partial charge in [0.1, 0.15) is 0 Å². The van der Waals surface area contributed by atoms with Crippen LogP contribution < -0.4 is 5.73 Å². The van der Waals surface area contributed by atoms with Crippen LogP contribution in [0.1, 0.15) is 37.3 Å². The van der Waals surface area contributed by atoms with E-state index in [4.69, 9.17) is 5.73 Å². The van der Waals surface area contributed by atoms with Crippen molar-refractivity contribution in [2.75, 3.05) is 18.8 Å². The summed E-state index contributed by atoms with van der Waals surface area (Å²) in [5.41, 5.74) is 5.38. The number of rotatable bonds is 2. The molecule has 17 heavy (non-hydrogen) atoms. The maximum Gasteiger partial charge on any atom is 0.291 e. The minimum atomic E-state index is -0.101. The Balaban J connectivity index is 1.95.